The van der Waals surface area contributed by atoms with E-state index >= 15 is 0 Å². The molecule has 1 heterocycles. The fraction of sp³-hybridized carbons (Fsp3) is 0.500. The van der Waals surface area contributed by atoms with Gasteiger partial charge in [0.1, 0.15) is 0 Å². The number of piperidine rings is 1. The minimum absolute atomic E-state index is 0.121. The first-order valence-corrected chi connectivity index (χ1v) is 7.03. The van der Waals surface area contributed by atoms with Crippen molar-refractivity contribution in [1.82, 2.24) is 4.90 Å². The summed E-state index contributed by atoms with van der Waals surface area (Å²) in [4.78, 5) is 14.5. The number of hydrogen-bond acceptors (Lipinski definition) is 2. The fourth-order valence-electron chi connectivity index (χ4n) is 3.22. The minimum Gasteiger partial charge on any atom is -0.342 e. The molecule has 1 fully saturated rings. The van der Waals surface area contributed by atoms with Crippen molar-refractivity contribution in [2.75, 3.05) is 13.1 Å². The Bertz CT molecular complexity index is 499. The van der Waals surface area contributed by atoms with Crippen molar-refractivity contribution in [2.45, 2.75) is 25.7 Å². The molecule has 0 unspecified atom stereocenters. The Hall–Kier alpha value is -1.82. The molecule has 3 heteroatoms. The van der Waals surface area contributed by atoms with Crippen LogP contribution in [0.15, 0.2) is 24.3 Å². The van der Waals surface area contributed by atoms with E-state index in [0.29, 0.717) is 0 Å². The molecule has 0 atom stereocenters. The van der Waals surface area contributed by atoms with Gasteiger partial charge < -0.3 is 4.90 Å². The highest BCUT2D eigenvalue weighted by atomic mass is 16.2. The zero-order valence-electron chi connectivity index (χ0n) is 11.0. The van der Waals surface area contributed by atoms with Crippen LogP contribution in [0.5, 0.6) is 0 Å². The molecule has 0 N–H and O–H groups in total. The largest absolute Gasteiger partial charge is 0.342 e. The molecule has 1 aromatic carbocycles. The van der Waals surface area contributed by atoms with Crippen LogP contribution in [0.3, 0.4) is 0 Å². The molecule has 1 aromatic rings. The number of fused-ring (bicyclic) bond motifs is 1. The second kappa shape index (κ2) is 5.05. The van der Waals surface area contributed by atoms with Crippen LogP contribution < -0.4 is 0 Å². The molecule has 98 valence electrons. The van der Waals surface area contributed by atoms with Crippen molar-refractivity contribution in [3.63, 3.8) is 0 Å². The van der Waals surface area contributed by atoms with Gasteiger partial charge in [-0.3, -0.25) is 4.79 Å². The van der Waals surface area contributed by atoms with E-state index in [4.69, 9.17) is 5.26 Å². The Kier molecular flexibility index (Phi) is 3.25. The lowest BCUT2D eigenvalue weighted by molar-refractivity contribution is -0.136. The van der Waals surface area contributed by atoms with Gasteiger partial charge in [-0.05, 0) is 36.8 Å². The standard InChI is InChI=1S/C16H18N2O/c17-11-12-5-7-18(8-6-12)16(19)15-9-13-3-1-2-4-14(13)10-15/h1-4,12,15H,5-10H2. The van der Waals surface area contributed by atoms with Gasteiger partial charge >= 0.3 is 0 Å². The summed E-state index contributed by atoms with van der Waals surface area (Å²) in [5.41, 5.74) is 2.65. The molecule has 3 nitrogen and oxygen atoms in total. The number of nitrogens with zero attached hydrogens (tertiary/aromatic N) is 2. The molecule has 1 aliphatic carbocycles. The van der Waals surface area contributed by atoms with E-state index in [9.17, 15) is 4.79 Å². The summed E-state index contributed by atoms with van der Waals surface area (Å²) in [6.45, 7) is 1.51. The maximum atomic E-state index is 12.5. The predicted molar refractivity (Wildman–Crippen MR) is 72.3 cm³/mol. The predicted octanol–water partition coefficient (Wildman–Crippen LogP) is 2.16. The van der Waals surface area contributed by atoms with Crippen molar-refractivity contribution >= 4 is 5.91 Å². The van der Waals surface area contributed by atoms with Gasteiger partial charge in [-0.15, -0.1) is 0 Å². The van der Waals surface area contributed by atoms with Gasteiger partial charge in [0.15, 0.2) is 0 Å². The second-order valence-electron chi connectivity index (χ2n) is 5.60. The van der Waals surface area contributed by atoms with Gasteiger partial charge in [0, 0.05) is 24.9 Å². The Morgan fingerprint density at radius 1 is 1.16 bits per heavy atom. The van der Waals surface area contributed by atoms with E-state index in [2.05, 4.69) is 18.2 Å². The van der Waals surface area contributed by atoms with Crippen LogP contribution in [0, 0.1) is 23.2 Å². The van der Waals surface area contributed by atoms with Crippen molar-refractivity contribution in [2.24, 2.45) is 11.8 Å². The summed E-state index contributed by atoms with van der Waals surface area (Å²) in [6, 6.07) is 10.7. The molecule has 2 aliphatic rings. The number of likely N-dealkylation sites (tertiary alicyclic amines) is 1. The molecule has 0 aromatic heterocycles. The molecule has 1 amide bonds. The third kappa shape index (κ3) is 2.35. The zero-order valence-corrected chi connectivity index (χ0v) is 11.0. The SMILES string of the molecule is N#CC1CCN(C(=O)C2Cc3ccccc3C2)CC1. The quantitative estimate of drug-likeness (QED) is 0.771. The average molecular weight is 254 g/mol. The van der Waals surface area contributed by atoms with Crippen molar-refractivity contribution < 1.29 is 4.79 Å². The molecule has 0 saturated carbocycles. The van der Waals surface area contributed by atoms with Crippen molar-refractivity contribution in [1.29, 1.82) is 5.26 Å². The molecular formula is C16H18N2O. The maximum absolute atomic E-state index is 12.5. The minimum atomic E-state index is 0.121. The van der Waals surface area contributed by atoms with Crippen LogP contribution in [0.1, 0.15) is 24.0 Å². The molecular weight excluding hydrogens is 236 g/mol. The average Bonchev–Trinajstić information content (AvgIpc) is 2.90. The molecule has 1 aliphatic heterocycles. The van der Waals surface area contributed by atoms with E-state index < -0.39 is 0 Å². The summed E-state index contributed by atoms with van der Waals surface area (Å²) in [5.74, 6) is 0.549. The summed E-state index contributed by atoms with van der Waals surface area (Å²) in [6.07, 6.45) is 3.43. The highest BCUT2D eigenvalue weighted by Crippen LogP contribution is 2.29. The van der Waals surface area contributed by atoms with E-state index in [-0.39, 0.29) is 17.7 Å². The summed E-state index contributed by atoms with van der Waals surface area (Å²) in [5, 5.41) is 8.89. The summed E-state index contributed by atoms with van der Waals surface area (Å²) >= 11 is 0. The lowest BCUT2D eigenvalue weighted by Gasteiger charge is -2.31. The second-order valence-corrected chi connectivity index (χ2v) is 5.60. The molecule has 3 rings (SSSR count). The van der Waals surface area contributed by atoms with Gasteiger partial charge in [-0.2, -0.15) is 5.26 Å². The molecule has 19 heavy (non-hydrogen) atoms. The number of carbonyl (C=O) groups excluding carboxylic acids is 1. The normalized spacial score (nSPS) is 20.1. The third-order valence-electron chi connectivity index (χ3n) is 4.39. The molecule has 0 bridgehead atoms. The first-order valence-electron chi connectivity index (χ1n) is 7.03. The number of hydrogen-bond donors (Lipinski definition) is 0. The van der Waals surface area contributed by atoms with E-state index in [0.717, 1.165) is 38.8 Å². The van der Waals surface area contributed by atoms with E-state index in [1.807, 2.05) is 17.0 Å². The smallest absolute Gasteiger partial charge is 0.226 e. The van der Waals surface area contributed by atoms with Crippen LogP contribution >= 0.6 is 0 Å². The van der Waals surface area contributed by atoms with Gasteiger partial charge in [-0.1, -0.05) is 24.3 Å². The Morgan fingerprint density at radius 2 is 1.74 bits per heavy atom. The number of benzene rings is 1. The van der Waals surface area contributed by atoms with Crippen LogP contribution in [-0.4, -0.2) is 23.9 Å². The van der Waals surface area contributed by atoms with Gasteiger partial charge in [-0.25, -0.2) is 0 Å². The maximum Gasteiger partial charge on any atom is 0.226 e. The van der Waals surface area contributed by atoms with Crippen LogP contribution in [0.4, 0.5) is 0 Å². The topological polar surface area (TPSA) is 44.1 Å². The monoisotopic (exact) mass is 254 g/mol. The van der Waals surface area contributed by atoms with Gasteiger partial charge in [0.05, 0.1) is 6.07 Å². The van der Waals surface area contributed by atoms with Crippen LogP contribution in [-0.2, 0) is 17.6 Å². The first-order chi connectivity index (χ1) is 9.28. The zero-order chi connectivity index (χ0) is 13.2. The Balaban J connectivity index is 1.63. The van der Waals surface area contributed by atoms with Gasteiger partial charge in [0.2, 0.25) is 5.91 Å². The first kappa shape index (κ1) is 12.2. The molecule has 0 spiro atoms. The summed E-state index contributed by atoms with van der Waals surface area (Å²) < 4.78 is 0. The molecule has 0 radical (unpaired) electrons. The van der Waals surface area contributed by atoms with E-state index in [1.54, 1.807) is 0 Å². The van der Waals surface area contributed by atoms with Crippen molar-refractivity contribution in [3.8, 4) is 6.07 Å². The highest BCUT2D eigenvalue weighted by Gasteiger charge is 2.32. The fourth-order valence-corrected chi connectivity index (χ4v) is 3.22. The lowest BCUT2D eigenvalue weighted by atomic mass is 9.96. The van der Waals surface area contributed by atoms with Crippen LogP contribution in [0.2, 0.25) is 0 Å². The van der Waals surface area contributed by atoms with Crippen molar-refractivity contribution in [3.05, 3.63) is 35.4 Å². The number of nitriles is 1. The Morgan fingerprint density at radius 3 is 2.26 bits per heavy atom. The highest BCUT2D eigenvalue weighted by molar-refractivity contribution is 5.80. The van der Waals surface area contributed by atoms with Gasteiger partial charge in [0.25, 0.3) is 0 Å². The number of rotatable bonds is 1. The molecule has 1 saturated heterocycles. The summed E-state index contributed by atoms with van der Waals surface area (Å²) in [7, 11) is 0. The number of amides is 1. The van der Waals surface area contributed by atoms with Crippen LogP contribution in [0.25, 0.3) is 0 Å². The van der Waals surface area contributed by atoms with E-state index in [1.165, 1.54) is 11.1 Å². The third-order valence-corrected chi connectivity index (χ3v) is 4.39. The Labute approximate surface area is 113 Å². The lowest BCUT2D eigenvalue weighted by Crippen LogP contribution is -2.41. The number of carbonyl (C=O) groups is 1.